The second-order valence-electron chi connectivity index (χ2n) is 6.35. The van der Waals surface area contributed by atoms with Crippen LogP contribution in [0.1, 0.15) is 34.5 Å². The number of ether oxygens (including phenoxy) is 1. The Morgan fingerprint density at radius 3 is 2.57 bits per heavy atom. The number of benzene rings is 2. The average molecular weight is 389 g/mol. The number of halogens is 3. The summed E-state index contributed by atoms with van der Waals surface area (Å²) in [6.07, 6.45) is -3.14. The summed E-state index contributed by atoms with van der Waals surface area (Å²) in [5, 5.41) is 2.65. The summed E-state index contributed by atoms with van der Waals surface area (Å²) < 4.78 is 44.3. The lowest BCUT2D eigenvalue weighted by Gasteiger charge is -2.19. The number of nitrogens with one attached hydrogen (secondary N) is 1. The van der Waals surface area contributed by atoms with Crippen LogP contribution in [0.4, 0.5) is 18.9 Å². The van der Waals surface area contributed by atoms with Gasteiger partial charge in [-0.05, 0) is 35.9 Å². The largest absolute Gasteiger partial charge is 0.416 e. The normalized spacial score (nSPS) is 12.8. The van der Waals surface area contributed by atoms with Gasteiger partial charge in [0.15, 0.2) is 0 Å². The summed E-state index contributed by atoms with van der Waals surface area (Å²) >= 11 is 0. The number of aromatic nitrogens is 2. The Kier molecular flexibility index (Phi) is 5.60. The Morgan fingerprint density at radius 2 is 1.89 bits per heavy atom. The number of nitrogens with zero attached hydrogens (tertiary/aromatic N) is 2. The molecular weight excluding hydrogens is 371 g/mol. The van der Waals surface area contributed by atoms with Gasteiger partial charge in [-0.15, -0.1) is 0 Å². The highest BCUT2D eigenvalue weighted by Gasteiger charge is 2.31. The molecule has 1 atom stereocenters. The Labute approximate surface area is 159 Å². The van der Waals surface area contributed by atoms with Gasteiger partial charge in [0.2, 0.25) is 0 Å². The quantitative estimate of drug-likeness (QED) is 0.690. The molecule has 3 rings (SSSR count). The van der Waals surface area contributed by atoms with Crippen molar-refractivity contribution < 1.29 is 22.7 Å². The summed E-state index contributed by atoms with van der Waals surface area (Å²) in [6, 6.07) is 10.3. The standard InChI is InChI=1S/C20H18F3N3O2/c1-12(11-28-2)14-9-13(20(21,22)23)7-8-15(14)26-19(27)18-10-24-16-5-3-4-6-17(16)25-18/h3-10,12H,11H2,1-2H3,(H,26,27)/t12-/m1/s1. The summed E-state index contributed by atoms with van der Waals surface area (Å²) in [6.45, 7) is 1.93. The fourth-order valence-corrected chi connectivity index (χ4v) is 2.85. The fourth-order valence-electron chi connectivity index (χ4n) is 2.85. The van der Waals surface area contributed by atoms with Crippen molar-refractivity contribution in [1.29, 1.82) is 0 Å². The number of hydrogen-bond acceptors (Lipinski definition) is 4. The number of para-hydroxylation sites is 2. The molecule has 1 N–H and O–H groups in total. The molecule has 3 aromatic rings. The van der Waals surface area contributed by atoms with Gasteiger partial charge in [0.1, 0.15) is 5.69 Å². The van der Waals surface area contributed by atoms with Crippen molar-refractivity contribution in [3.63, 3.8) is 0 Å². The minimum atomic E-state index is -4.48. The van der Waals surface area contributed by atoms with Gasteiger partial charge in [0.25, 0.3) is 5.91 Å². The van der Waals surface area contributed by atoms with Crippen molar-refractivity contribution in [1.82, 2.24) is 9.97 Å². The zero-order valence-corrected chi connectivity index (χ0v) is 15.2. The van der Waals surface area contributed by atoms with E-state index >= 15 is 0 Å². The Hall–Kier alpha value is -3.00. The maximum atomic E-state index is 13.1. The predicted octanol–water partition coefficient (Wildman–Crippen LogP) is 4.65. The van der Waals surface area contributed by atoms with E-state index in [9.17, 15) is 18.0 Å². The van der Waals surface area contributed by atoms with Gasteiger partial charge in [-0.2, -0.15) is 13.2 Å². The second kappa shape index (κ2) is 7.93. The van der Waals surface area contributed by atoms with Crippen LogP contribution in [0.15, 0.2) is 48.7 Å². The average Bonchev–Trinajstić information content (AvgIpc) is 2.67. The summed E-state index contributed by atoms with van der Waals surface area (Å²) in [5.41, 5.74) is 1.09. The van der Waals surface area contributed by atoms with E-state index in [0.717, 1.165) is 12.1 Å². The third-order valence-electron chi connectivity index (χ3n) is 4.26. The number of carbonyl (C=O) groups is 1. The van der Waals surface area contributed by atoms with Crippen LogP contribution in [0.3, 0.4) is 0 Å². The molecular formula is C20H18F3N3O2. The number of anilines is 1. The van der Waals surface area contributed by atoms with Crippen molar-refractivity contribution in [2.45, 2.75) is 19.0 Å². The molecule has 1 aromatic heterocycles. The van der Waals surface area contributed by atoms with Gasteiger partial charge in [0.05, 0.1) is 29.4 Å². The molecule has 8 heteroatoms. The van der Waals surface area contributed by atoms with Gasteiger partial charge in [0, 0.05) is 18.7 Å². The Morgan fingerprint density at radius 1 is 1.18 bits per heavy atom. The number of hydrogen-bond donors (Lipinski definition) is 1. The lowest BCUT2D eigenvalue weighted by atomic mass is 9.97. The van der Waals surface area contributed by atoms with Gasteiger partial charge < -0.3 is 10.1 Å². The molecule has 0 bridgehead atoms. The lowest BCUT2D eigenvalue weighted by molar-refractivity contribution is -0.137. The Balaban J connectivity index is 1.93. The van der Waals surface area contributed by atoms with Crippen LogP contribution in [-0.2, 0) is 10.9 Å². The molecule has 0 radical (unpaired) electrons. The monoisotopic (exact) mass is 389 g/mol. The van der Waals surface area contributed by atoms with Crippen molar-refractivity contribution in [3.05, 3.63) is 65.5 Å². The maximum absolute atomic E-state index is 13.1. The molecule has 0 fully saturated rings. The van der Waals surface area contributed by atoms with Crippen molar-refractivity contribution in [2.75, 3.05) is 19.0 Å². The molecule has 0 unspecified atom stereocenters. The van der Waals surface area contributed by atoms with E-state index in [2.05, 4.69) is 15.3 Å². The molecule has 1 amide bonds. The first-order valence-corrected chi connectivity index (χ1v) is 8.53. The first-order chi connectivity index (χ1) is 13.3. The summed E-state index contributed by atoms with van der Waals surface area (Å²) in [4.78, 5) is 21.1. The molecule has 0 aliphatic rings. The molecule has 5 nitrogen and oxygen atoms in total. The fraction of sp³-hybridized carbons (Fsp3) is 0.250. The van der Waals surface area contributed by atoms with E-state index in [1.807, 2.05) is 6.07 Å². The molecule has 0 aliphatic heterocycles. The third-order valence-corrected chi connectivity index (χ3v) is 4.26. The summed E-state index contributed by atoms with van der Waals surface area (Å²) in [5.74, 6) is -0.908. The highest BCUT2D eigenvalue weighted by Crippen LogP contribution is 2.34. The number of rotatable bonds is 5. The first-order valence-electron chi connectivity index (χ1n) is 8.53. The minimum absolute atomic E-state index is 0.0731. The van der Waals surface area contributed by atoms with Crippen LogP contribution in [-0.4, -0.2) is 29.6 Å². The van der Waals surface area contributed by atoms with Crippen LogP contribution in [0.5, 0.6) is 0 Å². The minimum Gasteiger partial charge on any atom is -0.384 e. The van der Waals surface area contributed by atoms with E-state index < -0.39 is 17.6 Å². The highest BCUT2D eigenvalue weighted by molar-refractivity contribution is 6.04. The molecule has 146 valence electrons. The maximum Gasteiger partial charge on any atom is 0.416 e. The zero-order valence-electron chi connectivity index (χ0n) is 15.2. The number of amides is 1. The topological polar surface area (TPSA) is 64.1 Å². The van der Waals surface area contributed by atoms with Crippen LogP contribution < -0.4 is 5.32 Å². The zero-order chi connectivity index (χ0) is 20.3. The van der Waals surface area contributed by atoms with E-state index in [-0.39, 0.29) is 23.9 Å². The summed E-state index contributed by atoms with van der Waals surface area (Å²) in [7, 11) is 1.47. The molecule has 1 heterocycles. The van der Waals surface area contributed by atoms with E-state index in [1.165, 1.54) is 19.4 Å². The smallest absolute Gasteiger partial charge is 0.384 e. The highest BCUT2D eigenvalue weighted by atomic mass is 19.4. The van der Waals surface area contributed by atoms with Crippen LogP contribution >= 0.6 is 0 Å². The SMILES string of the molecule is COC[C@@H](C)c1cc(C(F)(F)F)ccc1NC(=O)c1cnc2ccccc2n1. The van der Waals surface area contributed by atoms with Gasteiger partial charge in [-0.3, -0.25) is 9.78 Å². The lowest BCUT2D eigenvalue weighted by Crippen LogP contribution is -2.17. The number of alkyl halides is 3. The first kappa shape index (κ1) is 19.8. The molecule has 2 aromatic carbocycles. The van der Waals surface area contributed by atoms with Crippen molar-refractivity contribution in [2.24, 2.45) is 0 Å². The van der Waals surface area contributed by atoms with Crippen LogP contribution in [0.25, 0.3) is 11.0 Å². The van der Waals surface area contributed by atoms with Crippen LogP contribution in [0, 0.1) is 0 Å². The third kappa shape index (κ3) is 4.28. The molecule has 0 saturated carbocycles. The van der Waals surface area contributed by atoms with Gasteiger partial charge in [-0.1, -0.05) is 19.1 Å². The molecule has 0 aliphatic carbocycles. The van der Waals surface area contributed by atoms with E-state index in [0.29, 0.717) is 16.6 Å². The van der Waals surface area contributed by atoms with Crippen molar-refractivity contribution >= 4 is 22.6 Å². The van der Waals surface area contributed by atoms with Gasteiger partial charge in [-0.25, -0.2) is 4.98 Å². The second-order valence-corrected chi connectivity index (χ2v) is 6.35. The van der Waals surface area contributed by atoms with E-state index in [1.54, 1.807) is 25.1 Å². The number of carbonyl (C=O) groups excluding carboxylic acids is 1. The van der Waals surface area contributed by atoms with Crippen LogP contribution in [0.2, 0.25) is 0 Å². The predicted molar refractivity (Wildman–Crippen MR) is 99.2 cm³/mol. The molecule has 0 saturated heterocycles. The molecule has 0 spiro atoms. The van der Waals surface area contributed by atoms with Gasteiger partial charge >= 0.3 is 6.18 Å². The number of methoxy groups -OCH3 is 1. The Bertz CT molecular complexity index is 1010. The number of fused-ring (bicyclic) bond motifs is 1. The van der Waals surface area contributed by atoms with Crippen molar-refractivity contribution in [3.8, 4) is 0 Å². The molecule has 28 heavy (non-hydrogen) atoms. The van der Waals surface area contributed by atoms with E-state index in [4.69, 9.17) is 4.74 Å².